The van der Waals surface area contributed by atoms with Gasteiger partial charge in [0.05, 0.1) is 20.6 Å². The van der Waals surface area contributed by atoms with Crippen LogP contribution in [0.25, 0.3) is 6.08 Å². The van der Waals surface area contributed by atoms with Crippen LogP contribution in [-0.2, 0) is 25.6 Å². The molecule has 0 N–H and O–H groups in total. The van der Waals surface area contributed by atoms with Gasteiger partial charge in [0.15, 0.2) is 6.61 Å². The molecule has 0 spiro atoms. The van der Waals surface area contributed by atoms with Crippen LogP contribution in [-0.4, -0.2) is 43.1 Å². The van der Waals surface area contributed by atoms with Crippen molar-refractivity contribution in [1.82, 2.24) is 4.57 Å². The summed E-state index contributed by atoms with van der Waals surface area (Å²) in [6, 6.07) is 8.97. The molecule has 154 valence electrons. The quantitative estimate of drug-likeness (QED) is 0.366. The van der Waals surface area contributed by atoms with Crippen molar-refractivity contribution < 1.29 is 28.6 Å². The van der Waals surface area contributed by atoms with E-state index in [1.54, 1.807) is 38.3 Å². The van der Waals surface area contributed by atoms with Crippen LogP contribution in [0.15, 0.2) is 36.4 Å². The molecule has 0 atom stereocenters. The molecule has 0 radical (unpaired) electrons. The number of methoxy groups -OCH3 is 2. The molecule has 1 aromatic carbocycles. The van der Waals surface area contributed by atoms with Crippen LogP contribution in [0.4, 0.5) is 0 Å². The molecule has 29 heavy (non-hydrogen) atoms. The van der Waals surface area contributed by atoms with Gasteiger partial charge in [0, 0.05) is 35.1 Å². The molecule has 0 bridgehead atoms. The summed E-state index contributed by atoms with van der Waals surface area (Å²) in [6.07, 6.45) is 3.04. The monoisotopic (exact) mass is 399 g/mol. The van der Waals surface area contributed by atoms with Crippen LogP contribution in [0.1, 0.15) is 33.7 Å². The normalized spacial score (nSPS) is 10.8. The zero-order valence-corrected chi connectivity index (χ0v) is 17.1. The first-order valence-electron chi connectivity index (χ1n) is 9.12. The van der Waals surface area contributed by atoms with Crippen molar-refractivity contribution in [2.45, 2.75) is 26.8 Å². The van der Waals surface area contributed by atoms with E-state index in [4.69, 9.17) is 9.47 Å². The average molecular weight is 399 g/mol. The number of aryl methyl sites for hydroxylation is 1. The van der Waals surface area contributed by atoms with Gasteiger partial charge in [0.1, 0.15) is 5.75 Å². The van der Waals surface area contributed by atoms with Crippen molar-refractivity contribution in [1.29, 1.82) is 0 Å². The number of nitrogens with zero attached hydrogens (tertiary/aromatic N) is 1. The van der Waals surface area contributed by atoms with E-state index < -0.39 is 5.97 Å². The van der Waals surface area contributed by atoms with Crippen LogP contribution in [0.3, 0.4) is 0 Å². The Morgan fingerprint density at radius 3 is 2.52 bits per heavy atom. The Balaban J connectivity index is 1.97. The Kier molecular flexibility index (Phi) is 7.77. The van der Waals surface area contributed by atoms with E-state index in [9.17, 15) is 14.4 Å². The molecular formula is C22H25NO6. The maximum Gasteiger partial charge on any atom is 0.331 e. The number of ether oxygens (including phenoxy) is 3. The van der Waals surface area contributed by atoms with E-state index in [0.717, 1.165) is 17.0 Å². The molecule has 0 amide bonds. The van der Waals surface area contributed by atoms with Gasteiger partial charge < -0.3 is 18.8 Å². The third kappa shape index (κ3) is 5.81. The Labute approximate surface area is 169 Å². The van der Waals surface area contributed by atoms with Crippen LogP contribution in [0.2, 0.25) is 0 Å². The van der Waals surface area contributed by atoms with Gasteiger partial charge in [-0.2, -0.15) is 0 Å². The predicted molar refractivity (Wildman–Crippen MR) is 108 cm³/mol. The molecular weight excluding hydrogens is 374 g/mol. The van der Waals surface area contributed by atoms with Crippen LogP contribution < -0.4 is 4.74 Å². The number of carbonyl (C=O) groups excluding carboxylic acids is 3. The lowest BCUT2D eigenvalue weighted by Gasteiger charge is -2.09. The van der Waals surface area contributed by atoms with Crippen LogP contribution >= 0.6 is 0 Å². The van der Waals surface area contributed by atoms with Gasteiger partial charge in [-0.25, -0.2) is 4.79 Å². The van der Waals surface area contributed by atoms with E-state index >= 15 is 0 Å². The number of para-hydroxylation sites is 1. The van der Waals surface area contributed by atoms with Gasteiger partial charge in [0.25, 0.3) is 0 Å². The molecule has 0 unspecified atom stereocenters. The molecule has 0 aliphatic rings. The Morgan fingerprint density at radius 2 is 1.83 bits per heavy atom. The highest BCUT2D eigenvalue weighted by molar-refractivity contribution is 6.00. The van der Waals surface area contributed by atoms with Gasteiger partial charge in [0.2, 0.25) is 5.78 Å². The van der Waals surface area contributed by atoms with E-state index in [0.29, 0.717) is 17.9 Å². The smallest absolute Gasteiger partial charge is 0.331 e. The number of hydrogen-bond acceptors (Lipinski definition) is 6. The summed E-state index contributed by atoms with van der Waals surface area (Å²) in [5.74, 6) is -0.613. The van der Waals surface area contributed by atoms with E-state index in [1.165, 1.54) is 13.2 Å². The third-order valence-electron chi connectivity index (χ3n) is 4.52. The zero-order chi connectivity index (χ0) is 21.4. The number of hydrogen-bond donors (Lipinski definition) is 0. The fourth-order valence-corrected chi connectivity index (χ4v) is 2.96. The van der Waals surface area contributed by atoms with Gasteiger partial charge in [-0.1, -0.05) is 18.2 Å². The summed E-state index contributed by atoms with van der Waals surface area (Å²) in [4.78, 5) is 35.8. The van der Waals surface area contributed by atoms with Crippen molar-refractivity contribution in [3.63, 3.8) is 0 Å². The second-order valence-electron chi connectivity index (χ2n) is 6.37. The molecule has 0 saturated heterocycles. The molecule has 0 aliphatic heterocycles. The maximum absolute atomic E-state index is 12.5. The van der Waals surface area contributed by atoms with E-state index in [-0.39, 0.29) is 24.8 Å². The molecule has 7 heteroatoms. The SMILES string of the molecule is COC(=O)CCn1c(C)cc(C(=O)COC(=O)/C=C/c2ccccc2OC)c1C. The number of aromatic nitrogens is 1. The Bertz CT molecular complexity index is 925. The average Bonchev–Trinajstić information content (AvgIpc) is 3.02. The lowest BCUT2D eigenvalue weighted by Crippen LogP contribution is -2.14. The minimum atomic E-state index is -0.622. The first kappa shape index (κ1) is 21.9. The van der Waals surface area contributed by atoms with Crippen molar-refractivity contribution in [3.8, 4) is 5.75 Å². The number of Topliss-reactive ketones (excluding diaryl/α,β-unsaturated/α-hetero) is 1. The summed E-state index contributed by atoms with van der Waals surface area (Å²) in [5, 5.41) is 0. The second kappa shape index (κ2) is 10.3. The maximum atomic E-state index is 12.5. The Hall–Kier alpha value is -3.35. The number of benzene rings is 1. The molecule has 0 saturated carbocycles. The van der Waals surface area contributed by atoms with Crippen molar-refractivity contribution >= 4 is 23.8 Å². The highest BCUT2D eigenvalue weighted by atomic mass is 16.5. The molecule has 7 nitrogen and oxygen atoms in total. The number of ketones is 1. The lowest BCUT2D eigenvalue weighted by atomic mass is 10.1. The van der Waals surface area contributed by atoms with Crippen LogP contribution in [0, 0.1) is 13.8 Å². The zero-order valence-electron chi connectivity index (χ0n) is 17.1. The Morgan fingerprint density at radius 1 is 1.10 bits per heavy atom. The fraction of sp³-hybridized carbons (Fsp3) is 0.318. The number of rotatable bonds is 9. The van der Waals surface area contributed by atoms with Crippen LogP contribution in [0.5, 0.6) is 5.75 Å². The van der Waals surface area contributed by atoms with Gasteiger partial charge >= 0.3 is 11.9 Å². The topological polar surface area (TPSA) is 83.8 Å². The van der Waals surface area contributed by atoms with Gasteiger partial charge in [-0.15, -0.1) is 0 Å². The molecule has 1 heterocycles. The number of esters is 2. The summed E-state index contributed by atoms with van der Waals surface area (Å²) in [7, 11) is 2.88. The van der Waals surface area contributed by atoms with Crippen molar-refractivity contribution in [2.24, 2.45) is 0 Å². The predicted octanol–water partition coefficient (Wildman–Crippen LogP) is 3.12. The first-order chi connectivity index (χ1) is 13.9. The van der Waals surface area contributed by atoms with Crippen molar-refractivity contribution in [2.75, 3.05) is 20.8 Å². The molecule has 0 aliphatic carbocycles. The lowest BCUT2D eigenvalue weighted by molar-refractivity contribution is -0.141. The largest absolute Gasteiger partial charge is 0.496 e. The standard InChI is InChI=1S/C22H25NO6/c1-15-13-18(16(2)23(15)12-11-21(25)28-4)19(24)14-29-22(26)10-9-17-7-5-6-8-20(17)27-3/h5-10,13H,11-12,14H2,1-4H3/b10-9+. The summed E-state index contributed by atoms with van der Waals surface area (Å²) < 4.78 is 16.8. The highest BCUT2D eigenvalue weighted by Gasteiger charge is 2.17. The minimum Gasteiger partial charge on any atom is -0.496 e. The minimum absolute atomic E-state index is 0.212. The fourth-order valence-electron chi connectivity index (χ4n) is 2.96. The first-order valence-corrected chi connectivity index (χ1v) is 9.12. The van der Waals surface area contributed by atoms with E-state index in [1.807, 2.05) is 23.6 Å². The van der Waals surface area contributed by atoms with Gasteiger partial charge in [-0.3, -0.25) is 9.59 Å². The second-order valence-corrected chi connectivity index (χ2v) is 6.37. The van der Waals surface area contributed by atoms with Gasteiger partial charge in [-0.05, 0) is 32.1 Å². The van der Waals surface area contributed by atoms with Crippen molar-refractivity contribution in [3.05, 3.63) is 58.9 Å². The molecule has 0 fully saturated rings. The summed E-state index contributed by atoms with van der Waals surface area (Å²) >= 11 is 0. The molecule has 2 aromatic rings. The highest BCUT2D eigenvalue weighted by Crippen LogP contribution is 2.19. The molecule has 1 aromatic heterocycles. The molecule has 2 rings (SSSR count). The third-order valence-corrected chi connectivity index (χ3v) is 4.52. The number of carbonyl (C=O) groups is 3. The van der Waals surface area contributed by atoms with E-state index in [2.05, 4.69) is 4.74 Å². The summed E-state index contributed by atoms with van der Waals surface area (Å²) in [6.45, 7) is 3.69. The summed E-state index contributed by atoms with van der Waals surface area (Å²) in [5.41, 5.74) is 2.76.